The highest BCUT2D eigenvalue weighted by Gasteiger charge is 2.27. The largest absolute Gasteiger partial charge is 0.481 e. The number of amides is 2. The molecule has 2 amide bonds. The van der Waals surface area contributed by atoms with Crippen LogP contribution in [0.25, 0.3) is 0 Å². The number of sulfone groups is 1. The zero-order chi connectivity index (χ0) is 15.3. The van der Waals surface area contributed by atoms with E-state index in [9.17, 15) is 22.8 Å². The minimum atomic E-state index is -3.18. The van der Waals surface area contributed by atoms with Crippen molar-refractivity contribution in [2.75, 3.05) is 24.6 Å². The number of hydrogen-bond donors (Lipinski definition) is 3. The molecule has 0 aliphatic carbocycles. The molecular weight excluding hydrogens is 292 g/mol. The molecule has 1 aliphatic rings. The number of hydrogen-bond acceptors (Lipinski definition) is 5. The van der Waals surface area contributed by atoms with Gasteiger partial charge in [0, 0.05) is 13.1 Å². The van der Waals surface area contributed by atoms with Crippen LogP contribution in [0.3, 0.4) is 0 Å². The first kappa shape index (κ1) is 16.2. The Hall–Kier alpha value is -1.84. The molecule has 1 rings (SSSR count). The second-order valence-electron chi connectivity index (χ2n) is 4.43. The van der Waals surface area contributed by atoms with Crippen molar-refractivity contribution < 1.29 is 33.0 Å². The van der Waals surface area contributed by atoms with E-state index < -0.39 is 40.3 Å². The smallest absolute Gasteiger partial charge is 0.326 e. The summed E-state index contributed by atoms with van der Waals surface area (Å²) in [6.45, 7) is 0.151. The summed E-state index contributed by atoms with van der Waals surface area (Å²) in [6, 6.07) is -2.31. The van der Waals surface area contributed by atoms with Crippen molar-refractivity contribution in [1.29, 1.82) is 0 Å². The zero-order valence-corrected chi connectivity index (χ0v) is 11.4. The maximum Gasteiger partial charge on any atom is 0.326 e. The number of carboxylic acids is 2. The van der Waals surface area contributed by atoms with E-state index >= 15 is 0 Å². The summed E-state index contributed by atoms with van der Waals surface area (Å²) in [7, 11) is -3.18. The SMILES string of the molecule is O=C(O)CC(NC(=O)N1CCCS(=O)(=O)CC1)C(=O)O. The molecule has 0 aromatic heterocycles. The molecule has 20 heavy (non-hydrogen) atoms. The minimum Gasteiger partial charge on any atom is -0.481 e. The third kappa shape index (κ3) is 5.03. The lowest BCUT2D eigenvalue weighted by Crippen LogP contribution is -2.49. The van der Waals surface area contributed by atoms with Gasteiger partial charge in [0.15, 0.2) is 9.84 Å². The minimum absolute atomic E-state index is 0.0196. The van der Waals surface area contributed by atoms with Gasteiger partial charge < -0.3 is 20.4 Å². The Morgan fingerprint density at radius 3 is 2.35 bits per heavy atom. The van der Waals surface area contributed by atoms with Gasteiger partial charge in [0.05, 0.1) is 17.9 Å². The molecule has 1 atom stereocenters. The average Bonchev–Trinajstić information content (AvgIpc) is 2.48. The van der Waals surface area contributed by atoms with Crippen molar-refractivity contribution in [2.24, 2.45) is 0 Å². The van der Waals surface area contributed by atoms with Gasteiger partial charge in [-0.25, -0.2) is 18.0 Å². The third-order valence-electron chi connectivity index (χ3n) is 2.82. The van der Waals surface area contributed by atoms with E-state index in [4.69, 9.17) is 10.2 Å². The molecule has 1 aliphatic heterocycles. The lowest BCUT2D eigenvalue weighted by molar-refractivity contribution is -0.145. The summed E-state index contributed by atoms with van der Waals surface area (Å²) in [5, 5.41) is 19.5. The van der Waals surface area contributed by atoms with Crippen LogP contribution < -0.4 is 5.32 Å². The number of urea groups is 1. The van der Waals surface area contributed by atoms with Crippen molar-refractivity contribution in [1.82, 2.24) is 10.2 Å². The number of carboxylic acid groups (broad SMARTS) is 2. The summed E-state index contributed by atoms with van der Waals surface area (Å²) in [5.41, 5.74) is 0. The molecule has 0 radical (unpaired) electrons. The van der Waals surface area contributed by atoms with Crippen molar-refractivity contribution in [3.63, 3.8) is 0 Å². The van der Waals surface area contributed by atoms with Crippen molar-refractivity contribution in [3.8, 4) is 0 Å². The number of nitrogens with zero attached hydrogens (tertiary/aromatic N) is 1. The summed E-state index contributed by atoms with van der Waals surface area (Å²) in [4.78, 5) is 34.3. The normalized spacial score (nSPS) is 19.7. The quantitative estimate of drug-likeness (QED) is 0.588. The van der Waals surface area contributed by atoms with Gasteiger partial charge in [-0.2, -0.15) is 0 Å². The Morgan fingerprint density at radius 1 is 1.15 bits per heavy atom. The molecule has 3 N–H and O–H groups in total. The molecule has 1 heterocycles. The zero-order valence-electron chi connectivity index (χ0n) is 10.6. The van der Waals surface area contributed by atoms with Crippen LogP contribution in [0.5, 0.6) is 0 Å². The summed E-state index contributed by atoms with van der Waals surface area (Å²) < 4.78 is 22.8. The van der Waals surface area contributed by atoms with Gasteiger partial charge >= 0.3 is 18.0 Å². The molecule has 114 valence electrons. The van der Waals surface area contributed by atoms with Gasteiger partial charge in [-0.1, -0.05) is 0 Å². The first-order valence-corrected chi connectivity index (χ1v) is 7.74. The van der Waals surface area contributed by atoms with Crippen molar-refractivity contribution in [2.45, 2.75) is 18.9 Å². The predicted molar refractivity (Wildman–Crippen MR) is 67.1 cm³/mol. The molecule has 1 saturated heterocycles. The van der Waals surface area contributed by atoms with Gasteiger partial charge in [-0.3, -0.25) is 4.79 Å². The summed E-state index contributed by atoms with van der Waals surface area (Å²) >= 11 is 0. The number of rotatable bonds is 4. The fourth-order valence-electron chi connectivity index (χ4n) is 1.76. The second kappa shape index (κ2) is 6.55. The Bertz CT molecular complexity index is 502. The highest BCUT2D eigenvalue weighted by atomic mass is 32.2. The van der Waals surface area contributed by atoms with Gasteiger partial charge in [0.25, 0.3) is 0 Å². The highest BCUT2D eigenvalue weighted by Crippen LogP contribution is 2.06. The van der Waals surface area contributed by atoms with E-state index in [1.54, 1.807) is 0 Å². The van der Waals surface area contributed by atoms with E-state index in [2.05, 4.69) is 5.32 Å². The Morgan fingerprint density at radius 2 is 1.80 bits per heavy atom. The number of carbonyl (C=O) groups excluding carboxylic acids is 1. The Labute approximate surface area is 115 Å². The standard InChI is InChI=1S/C10H16N2O7S/c13-8(14)6-7(9(15)16)11-10(17)12-2-1-4-20(18,19)5-3-12/h7H,1-6H2,(H,11,17)(H,13,14)(H,15,16). The van der Waals surface area contributed by atoms with Crippen molar-refractivity contribution >= 4 is 27.8 Å². The molecule has 0 aromatic carbocycles. The molecular formula is C10H16N2O7S. The molecule has 10 heteroatoms. The summed E-state index contributed by atoms with van der Waals surface area (Å²) in [5.74, 6) is -3.01. The highest BCUT2D eigenvalue weighted by molar-refractivity contribution is 7.91. The van der Waals surface area contributed by atoms with Gasteiger partial charge in [-0.05, 0) is 6.42 Å². The topological polar surface area (TPSA) is 141 Å². The Balaban J connectivity index is 2.64. The van der Waals surface area contributed by atoms with E-state index in [0.29, 0.717) is 0 Å². The number of nitrogens with one attached hydrogen (secondary N) is 1. The molecule has 0 aromatic rings. The van der Waals surface area contributed by atoms with Crippen LogP contribution in [0.15, 0.2) is 0 Å². The van der Waals surface area contributed by atoms with Crippen molar-refractivity contribution in [3.05, 3.63) is 0 Å². The van der Waals surface area contributed by atoms with E-state index in [1.807, 2.05) is 0 Å². The first-order valence-electron chi connectivity index (χ1n) is 5.92. The lowest BCUT2D eigenvalue weighted by atomic mass is 10.2. The van der Waals surface area contributed by atoms with Crippen LogP contribution in [0.4, 0.5) is 4.79 Å². The van der Waals surface area contributed by atoms with Crippen LogP contribution >= 0.6 is 0 Å². The maximum absolute atomic E-state index is 11.8. The van der Waals surface area contributed by atoms with Gasteiger partial charge in [0.1, 0.15) is 6.04 Å². The number of aliphatic carboxylic acids is 2. The molecule has 9 nitrogen and oxygen atoms in total. The van der Waals surface area contributed by atoms with Crippen LogP contribution in [0.1, 0.15) is 12.8 Å². The van der Waals surface area contributed by atoms with E-state index in [-0.39, 0.29) is 31.0 Å². The molecule has 0 bridgehead atoms. The fourth-order valence-corrected chi connectivity index (χ4v) is 3.03. The monoisotopic (exact) mass is 308 g/mol. The fraction of sp³-hybridized carbons (Fsp3) is 0.700. The molecule has 1 fully saturated rings. The maximum atomic E-state index is 11.8. The Kier molecular flexibility index (Phi) is 5.31. The molecule has 1 unspecified atom stereocenters. The second-order valence-corrected chi connectivity index (χ2v) is 6.73. The number of carbonyl (C=O) groups is 3. The predicted octanol–water partition coefficient (Wildman–Crippen LogP) is -1.26. The van der Waals surface area contributed by atoms with Crippen LogP contribution in [0, 0.1) is 0 Å². The first-order chi connectivity index (χ1) is 9.21. The van der Waals surface area contributed by atoms with Gasteiger partial charge in [-0.15, -0.1) is 0 Å². The van der Waals surface area contributed by atoms with Crippen LogP contribution in [-0.2, 0) is 19.4 Å². The van der Waals surface area contributed by atoms with Gasteiger partial charge in [0.2, 0.25) is 0 Å². The molecule has 0 spiro atoms. The van der Waals surface area contributed by atoms with Crippen LogP contribution in [0.2, 0.25) is 0 Å². The third-order valence-corrected chi connectivity index (χ3v) is 4.53. The average molecular weight is 308 g/mol. The molecule has 0 saturated carbocycles. The lowest BCUT2D eigenvalue weighted by Gasteiger charge is -2.22. The van der Waals surface area contributed by atoms with Crippen LogP contribution in [-0.4, -0.2) is 72.1 Å². The van der Waals surface area contributed by atoms with E-state index in [0.717, 1.165) is 0 Å². The van der Waals surface area contributed by atoms with E-state index in [1.165, 1.54) is 4.90 Å². The summed E-state index contributed by atoms with van der Waals surface area (Å²) in [6.07, 6.45) is -0.473.